The van der Waals surface area contributed by atoms with Crippen molar-refractivity contribution in [1.82, 2.24) is 5.32 Å². The number of carbonyl (C=O) groups excluding carboxylic acids is 1. The van der Waals surface area contributed by atoms with Crippen molar-refractivity contribution < 1.29 is 18.0 Å². The third-order valence-corrected chi connectivity index (χ3v) is 4.60. The highest BCUT2D eigenvalue weighted by Crippen LogP contribution is 2.34. The number of rotatable bonds is 4. The molecule has 0 aliphatic heterocycles. The van der Waals surface area contributed by atoms with E-state index in [2.05, 4.69) is 26.1 Å². The van der Waals surface area contributed by atoms with E-state index in [1.807, 2.05) is 0 Å². The molecule has 1 aromatic heterocycles. The van der Waals surface area contributed by atoms with Gasteiger partial charge in [0.15, 0.2) is 0 Å². The molecule has 0 atom stereocenters. The summed E-state index contributed by atoms with van der Waals surface area (Å²) < 4.78 is 38.4. The first-order valence-electron chi connectivity index (χ1n) is 7.62. The molecular formula is C18H20F3NOS. The van der Waals surface area contributed by atoms with Gasteiger partial charge in [-0.15, -0.1) is 11.3 Å². The Morgan fingerprint density at radius 1 is 1.12 bits per heavy atom. The van der Waals surface area contributed by atoms with Crippen LogP contribution in [0.15, 0.2) is 36.4 Å². The van der Waals surface area contributed by atoms with Crippen LogP contribution in [0.2, 0.25) is 0 Å². The van der Waals surface area contributed by atoms with Crippen LogP contribution in [0.3, 0.4) is 0 Å². The summed E-state index contributed by atoms with van der Waals surface area (Å²) in [5, 5.41) is 2.85. The van der Waals surface area contributed by atoms with E-state index in [0.29, 0.717) is 21.9 Å². The van der Waals surface area contributed by atoms with Gasteiger partial charge in [-0.05, 0) is 41.7 Å². The van der Waals surface area contributed by atoms with E-state index in [4.69, 9.17) is 0 Å². The van der Waals surface area contributed by atoms with Crippen molar-refractivity contribution in [2.45, 2.75) is 33.4 Å². The van der Waals surface area contributed by atoms with Gasteiger partial charge in [0.05, 0.1) is 10.4 Å². The topological polar surface area (TPSA) is 29.1 Å². The third kappa shape index (κ3) is 5.09. The zero-order chi connectivity index (χ0) is 18.0. The van der Waals surface area contributed by atoms with Crippen LogP contribution >= 0.6 is 11.3 Å². The second-order valence-corrected chi connectivity index (χ2v) is 7.89. The van der Waals surface area contributed by atoms with Crippen LogP contribution in [0.5, 0.6) is 0 Å². The molecule has 2 rings (SSSR count). The number of thiophene rings is 1. The number of hydrogen-bond donors (Lipinski definition) is 1. The number of hydrogen-bond acceptors (Lipinski definition) is 2. The van der Waals surface area contributed by atoms with Crippen molar-refractivity contribution in [2.24, 2.45) is 5.41 Å². The van der Waals surface area contributed by atoms with Crippen molar-refractivity contribution >= 4 is 17.2 Å². The van der Waals surface area contributed by atoms with E-state index in [-0.39, 0.29) is 11.3 Å². The first-order valence-corrected chi connectivity index (χ1v) is 8.43. The van der Waals surface area contributed by atoms with Crippen LogP contribution < -0.4 is 5.32 Å². The van der Waals surface area contributed by atoms with Crippen molar-refractivity contribution in [1.29, 1.82) is 0 Å². The fraction of sp³-hybridized carbons (Fsp3) is 0.389. The van der Waals surface area contributed by atoms with Crippen molar-refractivity contribution in [2.75, 3.05) is 6.54 Å². The van der Waals surface area contributed by atoms with Gasteiger partial charge >= 0.3 is 6.18 Å². The largest absolute Gasteiger partial charge is 0.416 e. The molecule has 1 N–H and O–H groups in total. The summed E-state index contributed by atoms with van der Waals surface area (Å²) >= 11 is 1.19. The maximum absolute atomic E-state index is 12.8. The van der Waals surface area contributed by atoms with E-state index in [9.17, 15) is 18.0 Å². The van der Waals surface area contributed by atoms with E-state index in [1.165, 1.54) is 17.4 Å². The first-order chi connectivity index (χ1) is 11.1. The highest BCUT2D eigenvalue weighted by atomic mass is 32.1. The SMILES string of the molecule is CC(C)(C)CCNC(=O)c1ccc(-c2cccc(C(F)(F)F)c2)s1. The Labute approximate surface area is 143 Å². The lowest BCUT2D eigenvalue weighted by atomic mass is 9.92. The Kier molecular flexibility index (Phi) is 5.38. The molecule has 1 aromatic carbocycles. The van der Waals surface area contributed by atoms with Crippen molar-refractivity contribution in [3.05, 3.63) is 46.8 Å². The number of halogens is 3. The van der Waals surface area contributed by atoms with E-state index in [1.54, 1.807) is 18.2 Å². The van der Waals surface area contributed by atoms with Crippen LogP contribution in [-0.2, 0) is 6.18 Å². The standard InChI is InChI=1S/C18H20F3NOS/c1-17(2,3)9-10-22-16(23)15-8-7-14(24-15)12-5-4-6-13(11-12)18(19,20)21/h4-8,11H,9-10H2,1-3H3,(H,22,23). The maximum atomic E-state index is 12.8. The van der Waals surface area contributed by atoms with Gasteiger partial charge in [-0.1, -0.05) is 32.9 Å². The summed E-state index contributed by atoms with van der Waals surface area (Å²) in [4.78, 5) is 13.3. The molecule has 0 saturated carbocycles. The summed E-state index contributed by atoms with van der Waals surface area (Å²) in [6.07, 6.45) is -3.52. The average Bonchev–Trinajstić information content (AvgIpc) is 2.95. The van der Waals surface area contributed by atoms with Crippen LogP contribution in [0.25, 0.3) is 10.4 Å². The van der Waals surface area contributed by atoms with Gasteiger partial charge < -0.3 is 5.32 Å². The van der Waals surface area contributed by atoms with Gasteiger partial charge in [-0.25, -0.2) is 0 Å². The number of amides is 1. The molecule has 0 bridgehead atoms. The molecular weight excluding hydrogens is 335 g/mol. The summed E-state index contributed by atoms with van der Waals surface area (Å²) in [6, 6.07) is 8.46. The second kappa shape index (κ2) is 6.97. The maximum Gasteiger partial charge on any atom is 0.416 e. The van der Waals surface area contributed by atoms with Gasteiger partial charge in [-0.3, -0.25) is 4.79 Å². The molecule has 1 amide bonds. The second-order valence-electron chi connectivity index (χ2n) is 6.81. The molecule has 6 heteroatoms. The molecule has 0 aliphatic rings. The Bertz CT molecular complexity index is 714. The molecule has 130 valence electrons. The third-order valence-electron chi connectivity index (χ3n) is 3.46. The lowest BCUT2D eigenvalue weighted by molar-refractivity contribution is -0.137. The Morgan fingerprint density at radius 3 is 2.46 bits per heavy atom. The normalized spacial score (nSPS) is 12.2. The lowest BCUT2D eigenvalue weighted by Crippen LogP contribution is -2.26. The fourth-order valence-corrected chi connectivity index (χ4v) is 3.02. The molecule has 0 spiro atoms. The van der Waals surface area contributed by atoms with Gasteiger partial charge in [-0.2, -0.15) is 13.2 Å². The number of carbonyl (C=O) groups is 1. The lowest BCUT2D eigenvalue weighted by Gasteiger charge is -2.17. The highest BCUT2D eigenvalue weighted by Gasteiger charge is 2.30. The quantitative estimate of drug-likeness (QED) is 0.760. The van der Waals surface area contributed by atoms with Gasteiger partial charge in [0.25, 0.3) is 5.91 Å². The summed E-state index contributed by atoms with van der Waals surface area (Å²) in [5.74, 6) is -0.192. The fourth-order valence-electron chi connectivity index (χ4n) is 2.10. The molecule has 2 aromatic rings. The van der Waals surface area contributed by atoms with Crippen LogP contribution in [-0.4, -0.2) is 12.5 Å². The highest BCUT2D eigenvalue weighted by molar-refractivity contribution is 7.17. The zero-order valence-electron chi connectivity index (χ0n) is 13.8. The molecule has 0 saturated heterocycles. The van der Waals surface area contributed by atoms with Crippen molar-refractivity contribution in [3.8, 4) is 10.4 Å². The smallest absolute Gasteiger partial charge is 0.351 e. The summed E-state index contributed by atoms with van der Waals surface area (Å²) in [6.45, 7) is 6.85. The van der Waals surface area contributed by atoms with Crippen LogP contribution in [0.1, 0.15) is 42.4 Å². The molecule has 2 nitrogen and oxygen atoms in total. The van der Waals surface area contributed by atoms with E-state index < -0.39 is 11.7 Å². The minimum atomic E-state index is -4.37. The Morgan fingerprint density at radius 2 is 1.83 bits per heavy atom. The van der Waals surface area contributed by atoms with E-state index in [0.717, 1.165) is 18.6 Å². The minimum absolute atomic E-state index is 0.131. The predicted molar refractivity (Wildman–Crippen MR) is 91.2 cm³/mol. The van der Waals surface area contributed by atoms with E-state index >= 15 is 0 Å². The summed E-state index contributed by atoms with van der Waals surface area (Å²) in [5.41, 5.74) is -0.0977. The molecule has 0 aliphatic carbocycles. The Hall–Kier alpha value is -1.82. The monoisotopic (exact) mass is 355 g/mol. The molecule has 0 radical (unpaired) electrons. The van der Waals surface area contributed by atoms with Gasteiger partial charge in [0.1, 0.15) is 0 Å². The van der Waals surface area contributed by atoms with Crippen LogP contribution in [0.4, 0.5) is 13.2 Å². The minimum Gasteiger partial charge on any atom is -0.351 e. The number of benzene rings is 1. The molecule has 0 unspecified atom stereocenters. The Balaban J connectivity index is 2.09. The number of alkyl halides is 3. The zero-order valence-corrected chi connectivity index (χ0v) is 14.6. The molecule has 1 heterocycles. The number of nitrogens with one attached hydrogen (secondary N) is 1. The predicted octanol–water partition coefficient (Wildman–Crippen LogP) is 5.60. The first kappa shape index (κ1) is 18.5. The van der Waals surface area contributed by atoms with Gasteiger partial charge in [0.2, 0.25) is 0 Å². The van der Waals surface area contributed by atoms with Crippen molar-refractivity contribution in [3.63, 3.8) is 0 Å². The average molecular weight is 355 g/mol. The molecule has 0 fully saturated rings. The van der Waals surface area contributed by atoms with Crippen LogP contribution in [0, 0.1) is 5.41 Å². The van der Waals surface area contributed by atoms with Gasteiger partial charge in [0, 0.05) is 11.4 Å². The summed E-state index contributed by atoms with van der Waals surface area (Å²) in [7, 11) is 0. The molecule has 24 heavy (non-hydrogen) atoms.